The number of likely N-dealkylation sites (N-methyl/N-ethyl adjacent to an activating group) is 1. The van der Waals surface area contributed by atoms with Crippen LogP contribution < -0.4 is 10.5 Å². The number of hydrogen-bond donors (Lipinski definition) is 1. The van der Waals surface area contributed by atoms with Crippen molar-refractivity contribution in [3.8, 4) is 16.4 Å². The molecule has 1 N–H and O–H groups in total. The van der Waals surface area contributed by atoms with Gasteiger partial charge in [0.15, 0.2) is 0 Å². The Hall–Kier alpha value is -2.75. The third-order valence-corrected chi connectivity index (χ3v) is 6.62. The molecule has 1 aromatic carbocycles. The Morgan fingerprint density at radius 2 is 1.97 bits per heavy atom. The fourth-order valence-corrected chi connectivity index (χ4v) is 4.79. The zero-order chi connectivity index (χ0) is 20.8. The predicted octanol–water partition coefficient (Wildman–Crippen LogP) is 2.95. The molecule has 0 spiro atoms. The van der Waals surface area contributed by atoms with Gasteiger partial charge in [-0.25, -0.2) is 15.0 Å². The number of aryl methyl sites for hydroxylation is 1. The number of fused-ring (bicyclic) bond motifs is 1. The molecule has 0 saturated carbocycles. The van der Waals surface area contributed by atoms with E-state index < -0.39 is 0 Å². The Kier molecular flexibility index (Phi) is 4.80. The summed E-state index contributed by atoms with van der Waals surface area (Å²) in [5.74, 6) is 0.729. The monoisotopic (exact) mass is 441 g/mol. The molecule has 1 aliphatic rings. The third kappa shape index (κ3) is 3.38. The summed E-state index contributed by atoms with van der Waals surface area (Å²) in [6.07, 6.45) is 1.78. The lowest BCUT2D eigenvalue weighted by Gasteiger charge is -2.32. The van der Waals surface area contributed by atoms with Gasteiger partial charge in [0.05, 0.1) is 21.1 Å². The predicted molar refractivity (Wildman–Crippen MR) is 120 cm³/mol. The van der Waals surface area contributed by atoms with Crippen LogP contribution in [0.2, 0.25) is 5.02 Å². The van der Waals surface area contributed by atoms with Gasteiger partial charge in [-0.2, -0.15) is 4.68 Å². The first-order valence-corrected chi connectivity index (χ1v) is 10.8. The summed E-state index contributed by atoms with van der Waals surface area (Å²) >= 11 is 7.64. The Balaban J connectivity index is 1.48. The number of halogens is 1. The zero-order valence-electron chi connectivity index (χ0n) is 16.6. The van der Waals surface area contributed by atoms with Crippen molar-refractivity contribution in [2.45, 2.75) is 6.92 Å². The van der Waals surface area contributed by atoms with E-state index in [2.05, 4.69) is 31.9 Å². The molecule has 154 valence electrons. The number of nitrogens with one attached hydrogen (secondary N) is 1. The Bertz CT molecular complexity index is 1290. The summed E-state index contributed by atoms with van der Waals surface area (Å²) in [5.41, 5.74) is 2.77. The van der Waals surface area contributed by atoms with Gasteiger partial charge in [0.25, 0.3) is 5.56 Å². The topological polar surface area (TPSA) is 82.9 Å². The van der Waals surface area contributed by atoms with Crippen LogP contribution in [0.25, 0.3) is 26.6 Å². The van der Waals surface area contributed by atoms with Gasteiger partial charge in [-0.3, -0.25) is 9.89 Å². The number of hydrogen-bond acceptors (Lipinski definition) is 7. The lowest BCUT2D eigenvalue weighted by atomic mass is 10.2. The molecule has 0 bridgehead atoms. The number of aromatic amines is 1. The molecule has 30 heavy (non-hydrogen) atoms. The van der Waals surface area contributed by atoms with Crippen LogP contribution >= 0.6 is 22.9 Å². The zero-order valence-corrected chi connectivity index (χ0v) is 18.2. The highest BCUT2D eigenvalue weighted by Crippen LogP contribution is 2.29. The van der Waals surface area contributed by atoms with Gasteiger partial charge in [0.2, 0.25) is 11.1 Å². The number of piperazine rings is 1. The maximum atomic E-state index is 12.6. The molecule has 1 saturated heterocycles. The highest BCUT2D eigenvalue weighted by atomic mass is 35.5. The summed E-state index contributed by atoms with van der Waals surface area (Å²) in [5, 5.41) is 4.26. The fourth-order valence-electron chi connectivity index (χ4n) is 3.55. The van der Waals surface area contributed by atoms with Crippen LogP contribution in [0.15, 0.2) is 35.3 Å². The minimum Gasteiger partial charge on any atom is -0.338 e. The SMILES string of the molecule is Cc1nc(N2CCN(C)CC2)ncc1-c1cc(=O)n(-c2nc3c(Cl)cccc3s2)[nH]1. The number of H-pyrrole nitrogens is 1. The summed E-state index contributed by atoms with van der Waals surface area (Å²) < 4.78 is 2.36. The molecule has 1 aliphatic heterocycles. The van der Waals surface area contributed by atoms with Gasteiger partial charge in [-0.1, -0.05) is 29.0 Å². The van der Waals surface area contributed by atoms with Gasteiger partial charge in [-0.05, 0) is 26.1 Å². The summed E-state index contributed by atoms with van der Waals surface area (Å²) in [4.78, 5) is 30.9. The Labute approximate surface area is 181 Å². The molecular weight excluding hydrogens is 422 g/mol. The molecule has 0 atom stereocenters. The fraction of sp³-hybridized carbons (Fsp3) is 0.300. The molecule has 0 aliphatic carbocycles. The first-order chi connectivity index (χ1) is 14.5. The van der Waals surface area contributed by atoms with E-state index in [1.165, 1.54) is 16.0 Å². The average molecular weight is 442 g/mol. The van der Waals surface area contributed by atoms with Crippen LogP contribution in [-0.2, 0) is 0 Å². The van der Waals surface area contributed by atoms with Crippen molar-refractivity contribution >= 4 is 39.1 Å². The molecule has 1 fully saturated rings. The minimum atomic E-state index is -0.192. The summed E-state index contributed by atoms with van der Waals surface area (Å²) in [6.45, 7) is 5.73. The van der Waals surface area contributed by atoms with Gasteiger partial charge in [-0.15, -0.1) is 0 Å². The van der Waals surface area contributed by atoms with Crippen LogP contribution in [0, 0.1) is 6.92 Å². The second kappa shape index (κ2) is 7.50. The molecule has 10 heteroatoms. The molecule has 0 amide bonds. The van der Waals surface area contributed by atoms with E-state index in [1.807, 2.05) is 19.1 Å². The maximum Gasteiger partial charge on any atom is 0.273 e. The molecule has 4 aromatic rings. The van der Waals surface area contributed by atoms with Crippen molar-refractivity contribution in [3.63, 3.8) is 0 Å². The molecule has 0 unspecified atom stereocenters. The van der Waals surface area contributed by atoms with Gasteiger partial charge < -0.3 is 9.80 Å². The highest BCUT2D eigenvalue weighted by molar-refractivity contribution is 7.20. The molecule has 8 nitrogen and oxygen atoms in total. The summed E-state index contributed by atoms with van der Waals surface area (Å²) in [6, 6.07) is 7.15. The van der Waals surface area contributed by atoms with Gasteiger partial charge in [0, 0.05) is 44.0 Å². The second-order valence-electron chi connectivity index (χ2n) is 7.39. The standard InChI is InChI=1S/C20H20ClN7OS/c1-12-13(11-22-19(23-12)27-8-6-26(2)7-9-27)15-10-17(29)28(25-15)20-24-18-14(21)4-3-5-16(18)30-20/h3-5,10-11,25H,6-9H2,1-2H3. The largest absolute Gasteiger partial charge is 0.338 e. The van der Waals surface area contributed by atoms with Crippen molar-refractivity contribution < 1.29 is 0 Å². The summed E-state index contributed by atoms with van der Waals surface area (Å²) in [7, 11) is 2.12. The van der Waals surface area contributed by atoms with Crippen LogP contribution in [0.3, 0.4) is 0 Å². The van der Waals surface area contributed by atoms with Crippen molar-refractivity contribution in [3.05, 3.63) is 51.5 Å². The van der Waals surface area contributed by atoms with Gasteiger partial charge >= 0.3 is 0 Å². The van der Waals surface area contributed by atoms with E-state index in [1.54, 1.807) is 18.3 Å². The molecule has 3 aromatic heterocycles. The number of rotatable bonds is 3. The van der Waals surface area contributed by atoms with Crippen molar-refractivity contribution in [1.29, 1.82) is 0 Å². The van der Waals surface area contributed by atoms with E-state index in [0.29, 0.717) is 21.4 Å². The molecular formula is C20H20ClN7OS. The van der Waals surface area contributed by atoms with Crippen LogP contribution in [0.5, 0.6) is 0 Å². The smallest absolute Gasteiger partial charge is 0.273 e. The number of para-hydroxylation sites is 1. The number of anilines is 1. The lowest BCUT2D eigenvalue weighted by Crippen LogP contribution is -2.45. The van der Waals surface area contributed by atoms with Crippen molar-refractivity contribution in [2.75, 3.05) is 38.1 Å². The average Bonchev–Trinajstić information content (AvgIpc) is 3.33. The number of nitrogens with zero attached hydrogens (tertiary/aromatic N) is 6. The third-order valence-electron chi connectivity index (χ3n) is 5.31. The normalized spacial score (nSPS) is 15.2. The first kappa shape index (κ1) is 19.2. The quantitative estimate of drug-likeness (QED) is 0.526. The molecule has 0 radical (unpaired) electrons. The number of benzene rings is 1. The van der Waals surface area contributed by atoms with Crippen molar-refractivity contribution in [2.24, 2.45) is 0 Å². The molecule has 5 rings (SSSR count). The van der Waals surface area contributed by atoms with E-state index in [0.717, 1.165) is 48.1 Å². The van der Waals surface area contributed by atoms with E-state index >= 15 is 0 Å². The maximum absolute atomic E-state index is 12.6. The van der Waals surface area contributed by atoms with E-state index in [-0.39, 0.29) is 5.56 Å². The molecule has 4 heterocycles. The van der Waals surface area contributed by atoms with Crippen LogP contribution in [0.1, 0.15) is 5.69 Å². The van der Waals surface area contributed by atoms with E-state index in [9.17, 15) is 4.79 Å². The number of aromatic nitrogens is 5. The lowest BCUT2D eigenvalue weighted by molar-refractivity contribution is 0.311. The first-order valence-electron chi connectivity index (χ1n) is 9.64. The minimum absolute atomic E-state index is 0.192. The van der Waals surface area contributed by atoms with Crippen LogP contribution in [0.4, 0.5) is 5.95 Å². The second-order valence-corrected chi connectivity index (χ2v) is 8.80. The van der Waals surface area contributed by atoms with Crippen molar-refractivity contribution in [1.82, 2.24) is 29.6 Å². The Morgan fingerprint density at radius 1 is 1.17 bits per heavy atom. The van der Waals surface area contributed by atoms with Gasteiger partial charge in [0.1, 0.15) is 5.52 Å². The van der Waals surface area contributed by atoms with Crippen LogP contribution in [-0.4, -0.2) is 62.9 Å². The highest BCUT2D eigenvalue weighted by Gasteiger charge is 2.19. The van der Waals surface area contributed by atoms with E-state index in [4.69, 9.17) is 16.6 Å². The number of thiazole rings is 1. The Morgan fingerprint density at radius 3 is 2.70 bits per heavy atom.